The molecule has 0 aromatic rings. The van der Waals surface area contributed by atoms with E-state index in [0.717, 1.165) is 17.6 Å². The minimum atomic E-state index is -1.34. The van der Waals surface area contributed by atoms with E-state index in [4.69, 9.17) is 4.74 Å². The van der Waals surface area contributed by atoms with Gasteiger partial charge in [-0.1, -0.05) is 33.4 Å². The van der Waals surface area contributed by atoms with Crippen molar-refractivity contribution in [3.05, 3.63) is 35.6 Å². The summed E-state index contributed by atoms with van der Waals surface area (Å²) in [6.07, 6.45) is 4.14. The Morgan fingerprint density at radius 1 is 1.27 bits per heavy atom. The van der Waals surface area contributed by atoms with Gasteiger partial charge in [0.1, 0.15) is 0 Å². The smallest absolute Gasteiger partial charge is 0.220 e. The lowest BCUT2D eigenvalue weighted by atomic mass is 9.45. The summed E-state index contributed by atoms with van der Waals surface area (Å²) in [6, 6.07) is 0. The first-order valence-corrected chi connectivity index (χ1v) is 9.56. The monoisotopic (exact) mass is 358 g/mol. The number of carbonyl (C=O) groups is 2. The predicted molar refractivity (Wildman–Crippen MR) is 96.9 cm³/mol. The molecule has 0 N–H and O–H groups in total. The summed E-state index contributed by atoms with van der Waals surface area (Å²) in [6.45, 7) is 10.5. The average molecular weight is 358 g/mol. The zero-order chi connectivity index (χ0) is 19.0. The highest BCUT2D eigenvalue weighted by Gasteiger charge is 2.64. The minimum Gasteiger partial charge on any atom is -0.492 e. The van der Waals surface area contributed by atoms with Gasteiger partial charge in [0, 0.05) is 16.4 Å². The Bertz CT molecular complexity index is 778. The zero-order valence-electron chi connectivity index (χ0n) is 16.0. The molecule has 26 heavy (non-hydrogen) atoms. The van der Waals surface area contributed by atoms with Gasteiger partial charge in [-0.2, -0.15) is 0 Å². The van der Waals surface area contributed by atoms with Crippen molar-refractivity contribution >= 4 is 11.6 Å². The third kappa shape index (κ3) is 1.93. The van der Waals surface area contributed by atoms with Gasteiger partial charge in [0.15, 0.2) is 17.7 Å². The number of allylic oxidation sites excluding steroid dienone is 4. The summed E-state index contributed by atoms with van der Waals surface area (Å²) in [5.41, 5.74) is 0.894. The van der Waals surface area contributed by atoms with E-state index >= 15 is 0 Å². The fourth-order valence-corrected chi connectivity index (χ4v) is 6.58. The minimum absolute atomic E-state index is 0.0332. The molecule has 3 fully saturated rings. The van der Waals surface area contributed by atoms with Crippen molar-refractivity contribution in [3.63, 3.8) is 0 Å². The van der Waals surface area contributed by atoms with Crippen LogP contribution < -0.4 is 0 Å². The Hall–Kier alpha value is -1.71. The third-order valence-electron chi connectivity index (χ3n) is 8.02. The summed E-state index contributed by atoms with van der Waals surface area (Å²) >= 11 is 0. The molecule has 7 atom stereocenters. The first kappa shape index (κ1) is 17.7. The maximum atomic E-state index is 14.4. The molecule has 0 radical (unpaired) electrons. The molecule has 0 aromatic carbocycles. The highest BCUT2D eigenvalue weighted by Crippen LogP contribution is 2.66. The molecule has 0 saturated heterocycles. The number of fused-ring (bicyclic) bond motifs is 5. The molecule has 0 unspecified atom stereocenters. The topological polar surface area (TPSA) is 43.4 Å². The van der Waals surface area contributed by atoms with Crippen LogP contribution in [0.5, 0.6) is 0 Å². The lowest BCUT2D eigenvalue weighted by Gasteiger charge is -2.58. The molecule has 4 heteroatoms. The van der Waals surface area contributed by atoms with Gasteiger partial charge >= 0.3 is 0 Å². The van der Waals surface area contributed by atoms with Crippen molar-refractivity contribution < 1.29 is 18.7 Å². The van der Waals surface area contributed by atoms with Gasteiger partial charge in [-0.15, -0.1) is 0 Å². The van der Waals surface area contributed by atoms with E-state index in [1.165, 1.54) is 7.11 Å². The molecule has 0 amide bonds. The zero-order valence-corrected chi connectivity index (χ0v) is 16.0. The summed E-state index contributed by atoms with van der Waals surface area (Å²) < 4.78 is 19.9. The summed E-state index contributed by atoms with van der Waals surface area (Å²) in [5.74, 6) is 0.634. The summed E-state index contributed by atoms with van der Waals surface area (Å²) in [4.78, 5) is 24.9. The quantitative estimate of drug-likeness (QED) is 0.706. The molecule has 4 aliphatic carbocycles. The number of halogens is 1. The van der Waals surface area contributed by atoms with Crippen LogP contribution in [0, 0.1) is 34.5 Å². The fraction of sp³-hybridized carbons (Fsp3) is 0.636. The van der Waals surface area contributed by atoms with Crippen LogP contribution in [-0.2, 0) is 14.3 Å². The van der Waals surface area contributed by atoms with Crippen molar-refractivity contribution in [3.8, 4) is 0 Å². The molecule has 0 heterocycles. The number of alkyl halides is 1. The van der Waals surface area contributed by atoms with E-state index in [0.29, 0.717) is 18.6 Å². The van der Waals surface area contributed by atoms with Crippen LogP contribution in [0.4, 0.5) is 4.39 Å². The Balaban J connectivity index is 1.86. The van der Waals surface area contributed by atoms with Crippen LogP contribution in [0.1, 0.15) is 40.0 Å². The van der Waals surface area contributed by atoms with Gasteiger partial charge in [0.05, 0.1) is 7.11 Å². The lowest BCUT2D eigenvalue weighted by Crippen LogP contribution is -2.53. The van der Waals surface area contributed by atoms with E-state index in [-0.39, 0.29) is 40.7 Å². The standard InChI is InChI=1S/C22H27FO3/c1-11-12(2)18-19(26-5)16(24)7-9-21(18,3)13-6-8-22(4)14(17(11)13)10-15(23)20(22)25/h7,9,11,13-15,17H,2,6,8,10H2,1,3-5H3/t11-,13+,14+,15+,17-,21-,22+/m1/s1. The fourth-order valence-electron chi connectivity index (χ4n) is 6.58. The second-order valence-electron chi connectivity index (χ2n) is 9.02. The van der Waals surface area contributed by atoms with E-state index in [1.807, 2.05) is 13.0 Å². The number of carbonyl (C=O) groups excluding carboxylic acids is 2. The molecule has 0 aromatic heterocycles. The number of rotatable bonds is 1. The molecular weight excluding hydrogens is 331 g/mol. The Morgan fingerprint density at radius 3 is 2.62 bits per heavy atom. The van der Waals surface area contributed by atoms with Crippen molar-refractivity contribution in [2.24, 2.45) is 34.5 Å². The van der Waals surface area contributed by atoms with Crippen LogP contribution in [0.3, 0.4) is 0 Å². The van der Waals surface area contributed by atoms with Crippen LogP contribution in [0.25, 0.3) is 0 Å². The van der Waals surface area contributed by atoms with Crippen molar-refractivity contribution in [2.45, 2.75) is 46.2 Å². The molecule has 4 rings (SSSR count). The molecule has 3 nitrogen and oxygen atoms in total. The summed E-state index contributed by atoms with van der Waals surface area (Å²) in [5, 5.41) is 0. The van der Waals surface area contributed by atoms with Crippen LogP contribution in [-0.4, -0.2) is 24.8 Å². The van der Waals surface area contributed by atoms with Crippen molar-refractivity contribution in [1.29, 1.82) is 0 Å². The van der Waals surface area contributed by atoms with E-state index < -0.39 is 11.6 Å². The van der Waals surface area contributed by atoms with Crippen molar-refractivity contribution in [1.82, 2.24) is 0 Å². The highest BCUT2D eigenvalue weighted by molar-refractivity contribution is 6.05. The number of ether oxygens (including phenoxy) is 1. The number of Topliss-reactive ketones (excluding diaryl/α,β-unsaturated/α-hetero) is 1. The lowest BCUT2D eigenvalue weighted by molar-refractivity contribution is -0.135. The molecule has 0 spiro atoms. The Kier molecular flexibility index (Phi) is 3.67. The maximum absolute atomic E-state index is 14.4. The van der Waals surface area contributed by atoms with Gasteiger partial charge in [-0.25, -0.2) is 4.39 Å². The first-order chi connectivity index (χ1) is 12.2. The van der Waals surface area contributed by atoms with Crippen LogP contribution in [0.2, 0.25) is 0 Å². The highest BCUT2D eigenvalue weighted by atomic mass is 19.1. The van der Waals surface area contributed by atoms with Crippen LogP contribution >= 0.6 is 0 Å². The molecule has 4 aliphatic rings. The number of hydrogen-bond acceptors (Lipinski definition) is 3. The Morgan fingerprint density at radius 2 is 1.96 bits per heavy atom. The van der Waals surface area contributed by atoms with Crippen LogP contribution in [0.15, 0.2) is 35.6 Å². The number of ketones is 2. The molecular formula is C22H27FO3. The average Bonchev–Trinajstić information content (AvgIpc) is 2.84. The second kappa shape index (κ2) is 5.40. The maximum Gasteiger partial charge on any atom is 0.220 e. The molecule has 0 bridgehead atoms. The van der Waals surface area contributed by atoms with Gasteiger partial charge in [0.25, 0.3) is 0 Å². The van der Waals surface area contributed by atoms with Gasteiger partial charge in [0.2, 0.25) is 5.78 Å². The SMILES string of the molecule is C=C1C2=C(OC)C(=O)C=C[C@]2(C)[C@H]2CC[C@]3(C)C(=O)[C@@H](F)C[C@H]3[C@@H]2[C@@H]1C. The van der Waals surface area contributed by atoms with Gasteiger partial charge < -0.3 is 4.74 Å². The van der Waals surface area contributed by atoms with Gasteiger partial charge in [-0.3, -0.25) is 9.59 Å². The predicted octanol–water partition coefficient (Wildman–Crippen LogP) is 4.20. The molecule has 140 valence electrons. The van der Waals surface area contributed by atoms with E-state index in [1.54, 1.807) is 6.08 Å². The van der Waals surface area contributed by atoms with Gasteiger partial charge in [-0.05, 0) is 54.6 Å². The second-order valence-corrected chi connectivity index (χ2v) is 9.02. The third-order valence-corrected chi connectivity index (χ3v) is 8.02. The molecule has 3 saturated carbocycles. The largest absolute Gasteiger partial charge is 0.492 e. The Labute approximate surface area is 154 Å². The number of hydrogen-bond donors (Lipinski definition) is 0. The van der Waals surface area contributed by atoms with E-state index in [2.05, 4.69) is 20.4 Å². The number of methoxy groups -OCH3 is 1. The first-order valence-electron chi connectivity index (χ1n) is 9.56. The van der Waals surface area contributed by atoms with E-state index in [9.17, 15) is 14.0 Å². The summed E-state index contributed by atoms with van der Waals surface area (Å²) in [7, 11) is 1.53. The molecule has 0 aliphatic heterocycles. The van der Waals surface area contributed by atoms with Crippen molar-refractivity contribution in [2.75, 3.05) is 7.11 Å². The normalized spacial score (nSPS) is 47.6.